The second-order valence-electron chi connectivity index (χ2n) is 4.05. The highest BCUT2D eigenvalue weighted by Gasteiger charge is 2.19. The molecular formula is C12H13ClO3. The van der Waals surface area contributed by atoms with Gasteiger partial charge in [0.25, 0.3) is 0 Å². The van der Waals surface area contributed by atoms with Gasteiger partial charge in [0, 0.05) is 5.02 Å². The van der Waals surface area contributed by atoms with Crippen LogP contribution in [-0.4, -0.2) is 17.7 Å². The van der Waals surface area contributed by atoms with Crippen LogP contribution in [0.5, 0.6) is 5.75 Å². The number of carboxylic acid groups (broad SMARTS) is 1. The van der Waals surface area contributed by atoms with E-state index in [2.05, 4.69) is 0 Å². The molecule has 0 saturated heterocycles. The Morgan fingerprint density at radius 2 is 2.25 bits per heavy atom. The molecule has 0 atom stereocenters. The van der Waals surface area contributed by atoms with Gasteiger partial charge in [-0.25, -0.2) is 4.79 Å². The summed E-state index contributed by atoms with van der Waals surface area (Å²) in [6, 6.07) is 4.68. The van der Waals surface area contributed by atoms with E-state index in [0.29, 0.717) is 23.3 Å². The van der Waals surface area contributed by atoms with Gasteiger partial charge in [0.2, 0.25) is 0 Å². The summed E-state index contributed by atoms with van der Waals surface area (Å²) in [5.41, 5.74) is 0.131. The van der Waals surface area contributed by atoms with Crippen LogP contribution in [-0.2, 0) is 0 Å². The third-order valence-electron chi connectivity index (χ3n) is 2.87. The van der Waals surface area contributed by atoms with E-state index in [4.69, 9.17) is 21.4 Å². The number of rotatable bonds is 4. The Labute approximate surface area is 99.0 Å². The second kappa shape index (κ2) is 4.74. The number of ether oxygens (including phenoxy) is 1. The normalized spacial score (nSPS) is 15.6. The summed E-state index contributed by atoms with van der Waals surface area (Å²) >= 11 is 5.74. The maximum Gasteiger partial charge on any atom is 0.339 e. The fourth-order valence-corrected chi connectivity index (χ4v) is 1.83. The average Bonchev–Trinajstić information content (AvgIpc) is 2.17. The molecule has 2 rings (SSSR count). The molecule has 0 aromatic heterocycles. The number of hydrogen-bond donors (Lipinski definition) is 1. The topological polar surface area (TPSA) is 46.5 Å². The highest BCUT2D eigenvalue weighted by atomic mass is 35.5. The zero-order valence-corrected chi connectivity index (χ0v) is 9.54. The third kappa shape index (κ3) is 2.47. The molecule has 3 nitrogen and oxygen atoms in total. The molecule has 1 aromatic carbocycles. The lowest BCUT2D eigenvalue weighted by Crippen LogP contribution is -2.20. The summed E-state index contributed by atoms with van der Waals surface area (Å²) in [4.78, 5) is 11.0. The smallest absolute Gasteiger partial charge is 0.339 e. The van der Waals surface area contributed by atoms with Crippen LogP contribution < -0.4 is 4.74 Å². The summed E-state index contributed by atoms with van der Waals surface area (Å²) in [6.07, 6.45) is 3.60. The first-order chi connectivity index (χ1) is 7.66. The van der Waals surface area contributed by atoms with E-state index in [-0.39, 0.29) is 5.56 Å². The molecule has 1 fully saturated rings. The van der Waals surface area contributed by atoms with Crippen LogP contribution >= 0.6 is 11.6 Å². The molecule has 1 aliphatic rings. The Hall–Kier alpha value is -1.22. The van der Waals surface area contributed by atoms with Crippen LogP contribution in [0.2, 0.25) is 5.02 Å². The molecule has 16 heavy (non-hydrogen) atoms. The lowest BCUT2D eigenvalue weighted by Gasteiger charge is -2.25. The Morgan fingerprint density at radius 3 is 2.81 bits per heavy atom. The lowest BCUT2D eigenvalue weighted by molar-refractivity contribution is 0.0690. The van der Waals surface area contributed by atoms with Gasteiger partial charge >= 0.3 is 5.97 Å². The van der Waals surface area contributed by atoms with Crippen LogP contribution in [0.15, 0.2) is 18.2 Å². The van der Waals surface area contributed by atoms with Gasteiger partial charge < -0.3 is 9.84 Å². The number of hydrogen-bond acceptors (Lipinski definition) is 2. The van der Waals surface area contributed by atoms with Crippen molar-refractivity contribution in [3.05, 3.63) is 28.8 Å². The molecule has 0 unspecified atom stereocenters. The minimum atomic E-state index is -1.01. The van der Waals surface area contributed by atoms with Crippen LogP contribution in [0, 0.1) is 5.92 Å². The highest BCUT2D eigenvalue weighted by Crippen LogP contribution is 2.29. The van der Waals surface area contributed by atoms with Crippen molar-refractivity contribution in [3.8, 4) is 5.75 Å². The third-order valence-corrected chi connectivity index (χ3v) is 3.11. The molecular weight excluding hydrogens is 228 g/mol. The first kappa shape index (κ1) is 11.3. The van der Waals surface area contributed by atoms with E-state index in [1.54, 1.807) is 12.1 Å². The Balaban J connectivity index is 2.08. The fourth-order valence-electron chi connectivity index (χ4n) is 1.66. The van der Waals surface area contributed by atoms with Crippen LogP contribution in [0.4, 0.5) is 0 Å². The number of benzene rings is 1. The predicted octanol–water partition coefficient (Wildman–Crippen LogP) is 3.22. The molecule has 86 valence electrons. The van der Waals surface area contributed by atoms with Gasteiger partial charge in [-0.1, -0.05) is 18.0 Å². The summed E-state index contributed by atoms with van der Waals surface area (Å²) in [7, 11) is 0. The van der Waals surface area contributed by atoms with Crippen molar-refractivity contribution in [2.75, 3.05) is 6.61 Å². The van der Waals surface area contributed by atoms with Crippen molar-refractivity contribution in [2.45, 2.75) is 19.3 Å². The SMILES string of the molecule is O=C(O)c1cc(Cl)ccc1OCC1CCC1. The average molecular weight is 241 g/mol. The van der Waals surface area contributed by atoms with Crippen molar-refractivity contribution >= 4 is 17.6 Å². The maximum absolute atomic E-state index is 11.0. The molecule has 1 aromatic rings. The molecule has 1 N–H and O–H groups in total. The summed E-state index contributed by atoms with van der Waals surface area (Å²) in [5, 5.41) is 9.40. The van der Waals surface area contributed by atoms with E-state index in [1.165, 1.54) is 25.3 Å². The van der Waals surface area contributed by atoms with E-state index in [9.17, 15) is 4.79 Å². The molecule has 0 heterocycles. The van der Waals surface area contributed by atoms with Crippen molar-refractivity contribution < 1.29 is 14.6 Å². The van der Waals surface area contributed by atoms with E-state index in [0.717, 1.165) is 0 Å². The van der Waals surface area contributed by atoms with Crippen molar-refractivity contribution in [3.63, 3.8) is 0 Å². The largest absolute Gasteiger partial charge is 0.492 e. The maximum atomic E-state index is 11.0. The van der Waals surface area contributed by atoms with Crippen molar-refractivity contribution in [2.24, 2.45) is 5.92 Å². The zero-order chi connectivity index (χ0) is 11.5. The van der Waals surface area contributed by atoms with Crippen LogP contribution in [0.3, 0.4) is 0 Å². The molecule has 0 aliphatic heterocycles. The van der Waals surface area contributed by atoms with E-state index < -0.39 is 5.97 Å². The summed E-state index contributed by atoms with van der Waals surface area (Å²) < 4.78 is 5.52. The monoisotopic (exact) mass is 240 g/mol. The van der Waals surface area contributed by atoms with Gasteiger partial charge in [0.1, 0.15) is 11.3 Å². The predicted molar refractivity (Wildman–Crippen MR) is 61.2 cm³/mol. The molecule has 0 bridgehead atoms. The van der Waals surface area contributed by atoms with Gasteiger partial charge in [-0.05, 0) is 37.0 Å². The molecule has 0 spiro atoms. The zero-order valence-electron chi connectivity index (χ0n) is 8.78. The number of carboxylic acids is 1. The number of aromatic carboxylic acids is 1. The first-order valence-electron chi connectivity index (χ1n) is 5.32. The Morgan fingerprint density at radius 1 is 1.50 bits per heavy atom. The molecule has 4 heteroatoms. The number of halogens is 1. The quantitative estimate of drug-likeness (QED) is 0.879. The minimum absolute atomic E-state index is 0.131. The minimum Gasteiger partial charge on any atom is -0.492 e. The van der Waals surface area contributed by atoms with Gasteiger partial charge in [-0.15, -0.1) is 0 Å². The number of carbonyl (C=O) groups is 1. The standard InChI is InChI=1S/C12H13ClO3/c13-9-4-5-11(10(6-9)12(14)15)16-7-8-2-1-3-8/h4-6,8H,1-3,7H2,(H,14,15). The van der Waals surface area contributed by atoms with Crippen LogP contribution in [0.25, 0.3) is 0 Å². The van der Waals surface area contributed by atoms with Gasteiger partial charge in [0.05, 0.1) is 6.61 Å². The summed E-state index contributed by atoms with van der Waals surface area (Å²) in [5.74, 6) is -0.0211. The first-order valence-corrected chi connectivity index (χ1v) is 5.70. The van der Waals surface area contributed by atoms with Crippen molar-refractivity contribution in [1.82, 2.24) is 0 Å². The fraction of sp³-hybridized carbons (Fsp3) is 0.417. The highest BCUT2D eigenvalue weighted by molar-refractivity contribution is 6.31. The molecule has 0 amide bonds. The summed E-state index contributed by atoms with van der Waals surface area (Å²) in [6.45, 7) is 0.599. The van der Waals surface area contributed by atoms with Crippen LogP contribution in [0.1, 0.15) is 29.6 Å². The van der Waals surface area contributed by atoms with Gasteiger partial charge in [-0.2, -0.15) is 0 Å². The van der Waals surface area contributed by atoms with Crippen molar-refractivity contribution in [1.29, 1.82) is 0 Å². The van der Waals surface area contributed by atoms with E-state index >= 15 is 0 Å². The Bertz CT molecular complexity index is 399. The lowest BCUT2D eigenvalue weighted by atomic mass is 9.86. The Kier molecular flexibility index (Phi) is 3.34. The van der Waals surface area contributed by atoms with E-state index in [1.807, 2.05) is 0 Å². The van der Waals surface area contributed by atoms with Gasteiger partial charge in [0.15, 0.2) is 0 Å². The molecule has 1 aliphatic carbocycles. The molecule has 1 saturated carbocycles. The second-order valence-corrected chi connectivity index (χ2v) is 4.49. The molecule has 0 radical (unpaired) electrons. The van der Waals surface area contributed by atoms with Gasteiger partial charge in [-0.3, -0.25) is 0 Å².